The van der Waals surface area contributed by atoms with Crippen LogP contribution in [0.25, 0.3) is 0 Å². The molecule has 0 bridgehead atoms. The summed E-state index contributed by atoms with van der Waals surface area (Å²) in [6.07, 6.45) is 2.78. The Balaban J connectivity index is 1.73. The van der Waals surface area contributed by atoms with E-state index in [2.05, 4.69) is 0 Å². The number of amides is 1. The molecule has 0 N–H and O–H groups in total. The Hall–Kier alpha value is -2.19. The van der Waals surface area contributed by atoms with Crippen molar-refractivity contribution in [2.45, 2.75) is 30.7 Å². The molecule has 146 valence electrons. The third kappa shape index (κ3) is 4.06. The quantitative estimate of drug-likeness (QED) is 0.782. The van der Waals surface area contributed by atoms with Gasteiger partial charge in [-0.25, -0.2) is 12.8 Å². The molecular weight excluding hydrogens is 371 g/mol. The fourth-order valence-electron chi connectivity index (χ4n) is 3.32. The highest BCUT2D eigenvalue weighted by molar-refractivity contribution is 7.89. The number of halogens is 1. The lowest BCUT2D eigenvalue weighted by atomic mass is 9.97. The summed E-state index contributed by atoms with van der Waals surface area (Å²) in [5.41, 5.74) is 0. The molecule has 6 nitrogen and oxygen atoms in total. The van der Waals surface area contributed by atoms with Crippen LogP contribution in [-0.4, -0.2) is 43.7 Å². The maximum atomic E-state index is 13.1. The van der Waals surface area contributed by atoms with E-state index in [0.717, 1.165) is 12.1 Å². The van der Waals surface area contributed by atoms with E-state index in [-0.39, 0.29) is 23.4 Å². The Morgan fingerprint density at radius 1 is 1.30 bits per heavy atom. The first-order valence-corrected chi connectivity index (χ1v) is 10.3. The van der Waals surface area contributed by atoms with Gasteiger partial charge in [0.2, 0.25) is 15.9 Å². The highest BCUT2D eigenvalue weighted by Crippen LogP contribution is 2.27. The van der Waals surface area contributed by atoms with E-state index < -0.39 is 21.8 Å². The molecule has 1 aliphatic rings. The van der Waals surface area contributed by atoms with E-state index in [9.17, 15) is 17.6 Å². The van der Waals surface area contributed by atoms with E-state index in [4.69, 9.17) is 4.42 Å². The van der Waals surface area contributed by atoms with Gasteiger partial charge in [0.05, 0.1) is 23.1 Å². The minimum absolute atomic E-state index is 0.0364. The van der Waals surface area contributed by atoms with Crippen molar-refractivity contribution in [2.24, 2.45) is 5.92 Å². The monoisotopic (exact) mass is 394 g/mol. The number of piperidine rings is 1. The van der Waals surface area contributed by atoms with Gasteiger partial charge in [0.15, 0.2) is 0 Å². The molecule has 2 heterocycles. The summed E-state index contributed by atoms with van der Waals surface area (Å²) in [4.78, 5) is 14.5. The van der Waals surface area contributed by atoms with Crippen molar-refractivity contribution >= 4 is 15.9 Å². The third-order valence-corrected chi connectivity index (χ3v) is 6.95. The zero-order chi connectivity index (χ0) is 19.6. The van der Waals surface area contributed by atoms with Crippen molar-refractivity contribution in [1.82, 2.24) is 9.21 Å². The van der Waals surface area contributed by atoms with Crippen LogP contribution in [0.3, 0.4) is 0 Å². The highest BCUT2D eigenvalue weighted by Gasteiger charge is 2.35. The number of hydrogen-bond acceptors (Lipinski definition) is 4. The van der Waals surface area contributed by atoms with Gasteiger partial charge in [0.25, 0.3) is 0 Å². The maximum Gasteiger partial charge on any atom is 0.243 e. The molecule has 2 aromatic rings. The number of carbonyl (C=O) groups is 1. The van der Waals surface area contributed by atoms with E-state index >= 15 is 0 Å². The molecule has 0 radical (unpaired) electrons. The Kier molecular flexibility index (Phi) is 5.67. The van der Waals surface area contributed by atoms with E-state index in [0.29, 0.717) is 25.1 Å². The van der Waals surface area contributed by atoms with Gasteiger partial charge in [-0.15, -0.1) is 0 Å². The Morgan fingerprint density at radius 2 is 2.00 bits per heavy atom. The summed E-state index contributed by atoms with van der Waals surface area (Å²) in [6.45, 7) is 2.33. The van der Waals surface area contributed by atoms with Crippen LogP contribution in [0.5, 0.6) is 0 Å². The molecular formula is C19H23FN2O4S. The van der Waals surface area contributed by atoms with Crippen LogP contribution < -0.4 is 0 Å². The maximum absolute atomic E-state index is 13.1. The van der Waals surface area contributed by atoms with Crippen molar-refractivity contribution in [3.63, 3.8) is 0 Å². The number of sulfonamides is 1. The van der Waals surface area contributed by atoms with Crippen LogP contribution >= 0.6 is 0 Å². The molecule has 0 aliphatic carbocycles. The molecule has 2 unspecified atom stereocenters. The molecule has 0 spiro atoms. The van der Waals surface area contributed by atoms with Gasteiger partial charge in [0.1, 0.15) is 11.6 Å². The van der Waals surface area contributed by atoms with Gasteiger partial charge >= 0.3 is 0 Å². The predicted molar refractivity (Wildman–Crippen MR) is 97.8 cm³/mol. The number of hydrogen-bond donors (Lipinski definition) is 0. The van der Waals surface area contributed by atoms with E-state index in [1.165, 1.54) is 16.4 Å². The van der Waals surface area contributed by atoms with Gasteiger partial charge < -0.3 is 9.32 Å². The highest BCUT2D eigenvalue weighted by atomic mass is 32.2. The van der Waals surface area contributed by atoms with Gasteiger partial charge in [-0.2, -0.15) is 4.31 Å². The molecule has 1 aromatic heterocycles. The molecule has 1 aromatic carbocycles. The van der Waals surface area contributed by atoms with Crippen LogP contribution in [0.4, 0.5) is 4.39 Å². The lowest BCUT2D eigenvalue weighted by molar-refractivity contribution is -0.137. The van der Waals surface area contributed by atoms with Gasteiger partial charge in [-0.1, -0.05) is 0 Å². The molecule has 1 amide bonds. The first-order chi connectivity index (χ1) is 12.8. The van der Waals surface area contributed by atoms with Crippen LogP contribution in [0.15, 0.2) is 52.0 Å². The fourth-order valence-corrected chi connectivity index (χ4v) is 4.84. The van der Waals surface area contributed by atoms with Crippen molar-refractivity contribution in [1.29, 1.82) is 0 Å². The SMILES string of the molecule is CC(c1ccco1)N(C)C(=O)C1CCCN(S(=O)(=O)c2ccc(F)cc2)C1. The summed E-state index contributed by atoms with van der Waals surface area (Å²) < 4.78 is 45.4. The van der Waals surface area contributed by atoms with Crippen LogP contribution in [-0.2, 0) is 14.8 Å². The first kappa shape index (κ1) is 19.6. The first-order valence-electron chi connectivity index (χ1n) is 8.86. The Labute approximate surface area is 158 Å². The summed E-state index contributed by atoms with van der Waals surface area (Å²) >= 11 is 0. The zero-order valence-electron chi connectivity index (χ0n) is 15.3. The van der Waals surface area contributed by atoms with Crippen molar-refractivity contribution < 1.29 is 22.0 Å². The van der Waals surface area contributed by atoms with E-state index in [1.807, 2.05) is 6.92 Å². The number of nitrogens with zero attached hydrogens (tertiary/aromatic N) is 2. The van der Waals surface area contributed by atoms with Gasteiger partial charge in [0, 0.05) is 20.1 Å². The average molecular weight is 394 g/mol. The van der Waals surface area contributed by atoms with E-state index in [1.54, 1.807) is 30.3 Å². The number of furan rings is 1. The topological polar surface area (TPSA) is 70.8 Å². The molecule has 3 rings (SSSR count). The summed E-state index contributed by atoms with van der Waals surface area (Å²) in [5, 5.41) is 0. The van der Waals surface area contributed by atoms with Crippen LogP contribution in [0.2, 0.25) is 0 Å². The number of rotatable bonds is 5. The molecule has 1 saturated heterocycles. The average Bonchev–Trinajstić information content (AvgIpc) is 3.21. The van der Waals surface area contributed by atoms with Gasteiger partial charge in [-0.05, 0) is 56.2 Å². The second kappa shape index (κ2) is 7.82. The van der Waals surface area contributed by atoms with Crippen LogP contribution in [0, 0.1) is 11.7 Å². The van der Waals surface area contributed by atoms with Gasteiger partial charge in [-0.3, -0.25) is 4.79 Å². The lowest BCUT2D eigenvalue weighted by Gasteiger charge is -2.34. The molecule has 2 atom stereocenters. The number of benzene rings is 1. The molecule has 8 heteroatoms. The fraction of sp³-hybridized carbons (Fsp3) is 0.421. The molecule has 1 fully saturated rings. The minimum Gasteiger partial charge on any atom is -0.467 e. The standard InChI is InChI=1S/C19H23FN2O4S/c1-14(18-6-4-12-26-18)21(2)19(23)15-5-3-11-22(13-15)27(24,25)17-9-7-16(20)8-10-17/h4,6-10,12,14-15H,3,5,11,13H2,1-2H3. The predicted octanol–water partition coefficient (Wildman–Crippen LogP) is 3.04. The summed E-state index contributed by atoms with van der Waals surface area (Å²) in [7, 11) is -2.06. The largest absolute Gasteiger partial charge is 0.467 e. The van der Waals surface area contributed by atoms with Crippen molar-refractivity contribution in [2.75, 3.05) is 20.1 Å². The Morgan fingerprint density at radius 3 is 2.63 bits per heavy atom. The molecule has 0 saturated carbocycles. The third-order valence-electron chi connectivity index (χ3n) is 5.07. The summed E-state index contributed by atoms with van der Waals surface area (Å²) in [5.74, 6) is -0.346. The second-order valence-electron chi connectivity index (χ2n) is 6.80. The smallest absolute Gasteiger partial charge is 0.243 e. The minimum atomic E-state index is -3.76. The van der Waals surface area contributed by atoms with Crippen molar-refractivity contribution in [3.8, 4) is 0 Å². The van der Waals surface area contributed by atoms with Crippen LogP contribution in [0.1, 0.15) is 31.6 Å². The number of carbonyl (C=O) groups excluding carboxylic acids is 1. The Bertz CT molecular complexity index is 881. The molecule has 1 aliphatic heterocycles. The second-order valence-corrected chi connectivity index (χ2v) is 8.73. The van der Waals surface area contributed by atoms with Crippen molar-refractivity contribution in [3.05, 3.63) is 54.2 Å². The summed E-state index contributed by atoms with van der Waals surface area (Å²) in [6, 6.07) is 8.08. The zero-order valence-corrected chi connectivity index (χ0v) is 16.2. The lowest BCUT2D eigenvalue weighted by Crippen LogP contribution is -2.46. The normalized spacial score (nSPS) is 19.6. The molecule has 27 heavy (non-hydrogen) atoms.